The molecule has 162 valence electrons. The predicted octanol–water partition coefficient (Wildman–Crippen LogP) is 3.21. The topological polar surface area (TPSA) is 78.4 Å². The van der Waals surface area contributed by atoms with E-state index in [2.05, 4.69) is 4.98 Å². The average molecular weight is 461 g/mol. The van der Waals surface area contributed by atoms with Gasteiger partial charge in [-0.15, -0.1) is 0 Å². The molecule has 31 heavy (non-hydrogen) atoms. The zero-order chi connectivity index (χ0) is 22.0. The first-order chi connectivity index (χ1) is 14.9. The van der Waals surface area contributed by atoms with E-state index >= 15 is 0 Å². The number of sulfonamides is 1. The number of carbonyl (C=O) groups is 1. The highest BCUT2D eigenvalue weighted by atomic mass is 32.2. The van der Waals surface area contributed by atoms with Gasteiger partial charge in [-0.1, -0.05) is 0 Å². The van der Waals surface area contributed by atoms with Crippen LogP contribution in [0.25, 0.3) is 5.69 Å². The van der Waals surface area contributed by atoms with Crippen molar-refractivity contribution in [2.24, 2.45) is 0 Å². The van der Waals surface area contributed by atoms with Crippen LogP contribution in [-0.2, 0) is 10.0 Å². The first kappa shape index (κ1) is 21.4. The maximum atomic E-state index is 13.1. The summed E-state index contributed by atoms with van der Waals surface area (Å²) in [5, 5.41) is 0. The molecular weight excluding hydrogens is 439 g/mol. The number of imidazole rings is 1. The molecule has 7 nitrogen and oxygen atoms in total. The number of hydrogen-bond donors (Lipinski definition) is 1. The number of nitrogens with one attached hydrogen (secondary N) is 1. The Balaban J connectivity index is 1.46. The minimum Gasteiger partial charge on any atom is -0.337 e. The molecule has 0 unspecified atom stereocenters. The molecule has 0 spiro atoms. The van der Waals surface area contributed by atoms with Crippen molar-refractivity contribution in [3.05, 3.63) is 77.1 Å². The van der Waals surface area contributed by atoms with Crippen LogP contribution in [0.5, 0.6) is 0 Å². The fourth-order valence-electron chi connectivity index (χ4n) is 3.56. The number of hydrogen-bond acceptors (Lipinski definition) is 4. The zero-order valence-corrected chi connectivity index (χ0v) is 18.2. The van der Waals surface area contributed by atoms with Gasteiger partial charge in [0.25, 0.3) is 5.91 Å². The second kappa shape index (κ2) is 8.74. The third-order valence-electron chi connectivity index (χ3n) is 5.24. The minimum absolute atomic E-state index is 0.0487. The molecule has 10 heteroatoms. The second-order valence-electron chi connectivity index (χ2n) is 7.19. The van der Waals surface area contributed by atoms with E-state index in [1.807, 2.05) is 18.3 Å². The predicted molar refractivity (Wildman–Crippen MR) is 117 cm³/mol. The summed E-state index contributed by atoms with van der Waals surface area (Å²) in [7, 11) is -3.74. The van der Waals surface area contributed by atoms with E-state index in [1.54, 1.807) is 27.8 Å². The first-order valence-electron chi connectivity index (χ1n) is 9.78. The Hall–Kier alpha value is -2.82. The number of benzene rings is 2. The van der Waals surface area contributed by atoms with E-state index in [1.165, 1.54) is 16.4 Å². The number of amides is 1. The number of aromatic amines is 1. The normalized spacial score (nSPS) is 15.6. The van der Waals surface area contributed by atoms with Crippen LogP contribution >= 0.6 is 12.2 Å². The average Bonchev–Trinajstić information content (AvgIpc) is 3.04. The van der Waals surface area contributed by atoms with Gasteiger partial charge in [-0.25, -0.2) is 12.8 Å². The van der Waals surface area contributed by atoms with Gasteiger partial charge in [0.1, 0.15) is 5.82 Å². The standard InChI is InChI=1S/C21H21FN4O3S2/c22-17-4-8-19(9-5-17)31(28,29)25-12-1-11-24(14-15-25)20(27)16-2-6-18(7-3-16)26-13-10-23-21(26)30/h2-10,13H,1,11-12,14-15H2,(H,23,30). The molecular formula is C21H21FN4O3S2. The first-order valence-corrected chi connectivity index (χ1v) is 11.6. The van der Waals surface area contributed by atoms with Crippen LogP contribution in [0.1, 0.15) is 16.8 Å². The van der Waals surface area contributed by atoms with Crippen molar-refractivity contribution in [3.63, 3.8) is 0 Å². The number of nitrogens with zero attached hydrogens (tertiary/aromatic N) is 3. The maximum Gasteiger partial charge on any atom is 0.253 e. The Bertz CT molecular complexity index is 1230. The Morgan fingerprint density at radius 2 is 1.68 bits per heavy atom. The Kier molecular flexibility index (Phi) is 6.03. The van der Waals surface area contributed by atoms with E-state index < -0.39 is 15.8 Å². The van der Waals surface area contributed by atoms with Crippen LogP contribution in [-0.4, -0.2) is 59.3 Å². The molecule has 2 heterocycles. The fourth-order valence-corrected chi connectivity index (χ4v) is 5.27. The van der Waals surface area contributed by atoms with E-state index in [0.717, 1.165) is 17.8 Å². The number of carbonyl (C=O) groups excluding carboxylic acids is 1. The summed E-state index contributed by atoms with van der Waals surface area (Å²) < 4.78 is 42.6. The monoisotopic (exact) mass is 460 g/mol. The van der Waals surface area contributed by atoms with E-state index in [4.69, 9.17) is 12.2 Å². The molecule has 0 radical (unpaired) electrons. The van der Waals surface area contributed by atoms with Gasteiger partial charge in [0.05, 0.1) is 4.90 Å². The molecule has 1 aliphatic heterocycles. The van der Waals surface area contributed by atoms with Gasteiger partial charge in [0.15, 0.2) is 4.77 Å². The molecule has 1 aromatic heterocycles. The van der Waals surface area contributed by atoms with Crippen LogP contribution in [0.15, 0.2) is 65.8 Å². The number of halogens is 1. The van der Waals surface area contributed by atoms with E-state index in [9.17, 15) is 17.6 Å². The molecule has 0 aliphatic carbocycles. The van der Waals surface area contributed by atoms with E-state index in [-0.39, 0.29) is 23.9 Å². The van der Waals surface area contributed by atoms with Gasteiger partial charge >= 0.3 is 0 Å². The van der Waals surface area contributed by atoms with Crippen LogP contribution < -0.4 is 0 Å². The summed E-state index contributed by atoms with van der Waals surface area (Å²) in [4.78, 5) is 17.6. The second-order valence-corrected chi connectivity index (χ2v) is 9.51. The molecule has 0 bridgehead atoms. The quantitative estimate of drug-likeness (QED) is 0.607. The van der Waals surface area contributed by atoms with Crippen molar-refractivity contribution in [3.8, 4) is 5.69 Å². The smallest absolute Gasteiger partial charge is 0.253 e. The number of rotatable bonds is 4. The Morgan fingerprint density at radius 3 is 2.32 bits per heavy atom. The summed E-state index contributed by atoms with van der Waals surface area (Å²) in [5.74, 6) is -0.637. The van der Waals surface area contributed by atoms with Gasteiger partial charge < -0.3 is 9.88 Å². The summed E-state index contributed by atoms with van der Waals surface area (Å²) in [6.45, 7) is 1.22. The van der Waals surface area contributed by atoms with Crippen molar-refractivity contribution in [1.29, 1.82) is 0 Å². The minimum atomic E-state index is -3.74. The lowest BCUT2D eigenvalue weighted by atomic mass is 10.1. The van der Waals surface area contributed by atoms with Crippen molar-refractivity contribution >= 4 is 28.1 Å². The largest absolute Gasteiger partial charge is 0.337 e. The van der Waals surface area contributed by atoms with Crippen LogP contribution in [0.4, 0.5) is 4.39 Å². The van der Waals surface area contributed by atoms with Gasteiger partial charge in [-0.3, -0.25) is 9.36 Å². The zero-order valence-electron chi connectivity index (χ0n) is 16.6. The Labute approximate surface area is 184 Å². The highest BCUT2D eigenvalue weighted by molar-refractivity contribution is 7.89. The summed E-state index contributed by atoms with van der Waals surface area (Å²) in [6, 6.07) is 11.9. The summed E-state index contributed by atoms with van der Waals surface area (Å²) in [6.07, 6.45) is 4.07. The molecule has 2 aromatic carbocycles. The summed E-state index contributed by atoms with van der Waals surface area (Å²) >= 11 is 5.21. The van der Waals surface area contributed by atoms with Crippen LogP contribution in [0.2, 0.25) is 0 Å². The molecule has 1 aliphatic rings. The molecule has 0 saturated carbocycles. The van der Waals surface area contributed by atoms with Crippen LogP contribution in [0.3, 0.4) is 0 Å². The van der Waals surface area contributed by atoms with Gasteiger partial charge in [-0.05, 0) is 67.2 Å². The molecule has 1 N–H and O–H groups in total. The summed E-state index contributed by atoms with van der Waals surface area (Å²) in [5.41, 5.74) is 1.37. The molecule has 3 aromatic rings. The fraction of sp³-hybridized carbons (Fsp3) is 0.238. The number of H-pyrrole nitrogens is 1. The highest BCUT2D eigenvalue weighted by Crippen LogP contribution is 2.19. The molecule has 4 rings (SSSR count). The van der Waals surface area contributed by atoms with Crippen molar-refractivity contribution in [1.82, 2.24) is 18.8 Å². The van der Waals surface area contributed by atoms with Crippen molar-refractivity contribution in [2.45, 2.75) is 11.3 Å². The SMILES string of the molecule is O=C(c1ccc(-n2cc[nH]c2=S)cc1)N1CCCN(S(=O)(=O)c2ccc(F)cc2)CC1. The van der Waals surface area contributed by atoms with Gasteiger partial charge in [0.2, 0.25) is 10.0 Å². The number of aromatic nitrogens is 2. The molecule has 0 atom stereocenters. The lowest BCUT2D eigenvalue weighted by Crippen LogP contribution is -2.37. The lowest BCUT2D eigenvalue weighted by molar-refractivity contribution is 0.0764. The van der Waals surface area contributed by atoms with Crippen molar-refractivity contribution in [2.75, 3.05) is 26.2 Å². The molecule has 1 amide bonds. The highest BCUT2D eigenvalue weighted by Gasteiger charge is 2.28. The van der Waals surface area contributed by atoms with Crippen molar-refractivity contribution < 1.29 is 17.6 Å². The van der Waals surface area contributed by atoms with Crippen LogP contribution in [0, 0.1) is 10.6 Å². The lowest BCUT2D eigenvalue weighted by Gasteiger charge is -2.22. The van der Waals surface area contributed by atoms with Gasteiger partial charge in [0, 0.05) is 49.8 Å². The van der Waals surface area contributed by atoms with E-state index in [0.29, 0.717) is 29.8 Å². The Morgan fingerprint density at radius 1 is 0.968 bits per heavy atom. The molecule has 1 fully saturated rings. The third-order valence-corrected chi connectivity index (χ3v) is 7.46. The van der Waals surface area contributed by atoms with Gasteiger partial charge in [-0.2, -0.15) is 4.31 Å². The maximum absolute atomic E-state index is 13.1. The third kappa shape index (κ3) is 4.46. The molecule has 1 saturated heterocycles.